The number of anilines is 1. The number of sulfonamides is 1. The second-order valence-corrected chi connectivity index (χ2v) is 7.90. The zero-order valence-electron chi connectivity index (χ0n) is 13.0. The molecule has 0 aromatic heterocycles. The summed E-state index contributed by atoms with van der Waals surface area (Å²) in [5.74, 6) is 0.881. The lowest BCUT2D eigenvalue weighted by Crippen LogP contribution is -2.27. The average molecular weight is 427 g/mol. The number of carbonyl (C=O) groups is 1. The second kappa shape index (κ2) is 7.42. The van der Waals surface area contributed by atoms with E-state index in [-0.39, 0.29) is 30.6 Å². The zero-order valence-corrected chi connectivity index (χ0v) is 15.4. The third-order valence-electron chi connectivity index (χ3n) is 3.42. The Kier molecular flexibility index (Phi) is 5.26. The number of benzene rings is 2. The van der Waals surface area contributed by atoms with Gasteiger partial charge in [0.15, 0.2) is 11.5 Å². The van der Waals surface area contributed by atoms with Crippen molar-refractivity contribution in [1.82, 2.24) is 4.72 Å². The monoisotopic (exact) mass is 426 g/mol. The number of carbonyl (C=O) groups excluding carboxylic acids is 1. The van der Waals surface area contributed by atoms with Gasteiger partial charge in [0.25, 0.3) is 0 Å². The van der Waals surface area contributed by atoms with Gasteiger partial charge >= 0.3 is 0 Å². The van der Waals surface area contributed by atoms with E-state index in [1.807, 2.05) is 0 Å². The number of nitrogens with one attached hydrogen (secondary N) is 2. The number of halogens is 1. The Balaban J connectivity index is 1.51. The molecule has 0 aliphatic carbocycles. The van der Waals surface area contributed by atoms with Crippen LogP contribution in [-0.2, 0) is 14.8 Å². The molecule has 1 amide bonds. The summed E-state index contributed by atoms with van der Waals surface area (Å²) in [6.45, 7) is 0.152. The lowest BCUT2D eigenvalue weighted by Gasteiger charge is -2.08. The second-order valence-electron chi connectivity index (χ2n) is 5.22. The number of fused-ring (bicyclic) bond motifs is 1. The first kappa shape index (κ1) is 17.7. The summed E-state index contributed by atoms with van der Waals surface area (Å²) in [5.41, 5.74) is 0.560. The van der Waals surface area contributed by atoms with E-state index in [9.17, 15) is 13.2 Å². The SMILES string of the molecule is O=C(CCNS(=O)(=O)c1ccc(Br)cc1)Nc1ccc2c(c1)OCO2. The molecule has 1 aliphatic heterocycles. The van der Waals surface area contributed by atoms with Gasteiger partial charge in [0.1, 0.15) is 0 Å². The Labute approximate surface area is 153 Å². The topological polar surface area (TPSA) is 93.7 Å². The van der Waals surface area contributed by atoms with Crippen LogP contribution >= 0.6 is 15.9 Å². The number of amides is 1. The first-order valence-electron chi connectivity index (χ1n) is 7.39. The minimum Gasteiger partial charge on any atom is -0.454 e. The van der Waals surface area contributed by atoms with Crippen LogP contribution in [-0.4, -0.2) is 27.7 Å². The van der Waals surface area contributed by atoms with E-state index in [0.717, 1.165) is 4.47 Å². The fraction of sp³-hybridized carbons (Fsp3) is 0.188. The summed E-state index contributed by atoms with van der Waals surface area (Å²) in [6.07, 6.45) is 0.00417. The van der Waals surface area contributed by atoms with Crippen molar-refractivity contribution in [2.24, 2.45) is 0 Å². The average Bonchev–Trinajstić information content (AvgIpc) is 3.02. The lowest BCUT2D eigenvalue weighted by molar-refractivity contribution is -0.116. The number of rotatable bonds is 6. The molecule has 2 aromatic carbocycles. The quantitative estimate of drug-likeness (QED) is 0.739. The van der Waals surface area contributed by atoms with Crippen molar-refractivity contribution in [3.8, 4) is 11.5 Å². The highest BCUT2D eigenvalue weighted by Crippen LogP contribution is 2.34. The van der Waals surface area contributed by atoms with Gasteiger partial charge in [-0.3, -0.25) is 4.79 Å². The minimum absolute atomic E-state index is 0.00417. The molecule has 25 heavy (non-hydrogen) atoms. The first-order valence-corrected chi connectivity index (χ1v) is 9.66. The van der Waals surface area contributed by atoms with Gasteiger partial charge in [-0.15, -0.1) is 0 Å². The summed E-state index contributed by atoms with van der Waals surface area (Å²) in [5, 5.41) is 2.69. The summed E-state index contributed by atoms with van der Waals surface area (Å²) in [6, 6.07) is 11.3. The fourth-order valence-electron chi connectivity index (χ4n) is 2.19. The smallest absolute Gasteiger partial charge is 0.240 e. The van der Waals surface area contributed by atoms with E-state index in [1.54, 1.807) is 30.3 Å². The predicted molar refractivity (Wildman–Crippen MR) is 95.1 cm³/mol. The van der Waals surface area contributed by atoms with E-state index in [1.165, 1.54) is 12.1 Å². The Bertz CT molecular complexity index is 884. The maximum atomic E-state index is 12.1. The molecule has 9 heteroatoms. The highest BCUT2D eigenvalue weighted by atomic mass is 79.9. The van der Waals surface area contributed by atoms with Gasteiger partial charge < -0.3 is 14.8 Å². The standard InChI is InChI=1S/C16H15BrN2O5S/c17-11-1-4-13(5-2-11)25(21,22)18-8-7-16(20)19-12-3-6-14-15(9-12)24-10-23-14/h1-6,9,18H,7-8,10H2,(H,19,20). The van der Waals surface area contributed by atoms with Crippen LogP contribution in [0.5, 0.6) is 11.5 Å². The summed E-state index contributed by atoms with van der Waals surface area (Å²) in [7, 11) is -3.64. The third kappa shape index (κ3) is 4.50. The molecule has 1 heterocycles. The molecule has 0 spiro atoms. The largest absolute Gasteiger partial charge is 0.454 e. The minimum atomic E-state index is -3.64. The van der Waals surface area contributed by atoms with Crippen LogP contribution in [0.25, 0.3) is 0 Å². The first-order chi connectivity index (χ1) is 11.9. The molecule has 0 unspecified atom stereocenters. The van der Waals surface area contributed by atoms with Gasteiger partial charge in [0.2, 0.25) is 22.7 Å². The van der Waals surface area contributed by atoms with Gasteiger partial charge in [-0.1, -0.05) is 15.9 Å². The molecule has 2 N–H and O–H groups in total. The van der Waals surface area contributed by atoms with Crippen molar-refractivity contribution < 1.29 is 22.7 Å². The van der Waals surface area contributed by atoms with Gasteiger partial charge in [0, 0.05) is 29.2 Å². The van der Waals surface area contributed by atoms with Crippen LogP contribution in [0.2, 0.25) is 0 Å². The molecular formula is C16H15BrN2O5S. The van der Waals surface area contributed by atoms with Crippen molar-refractivity contribution in [3.05, 3.63) is 46.9 Å². The third-order valence-corrected chi connectivity index (χ3v) is 5.43. The van der Waals surface area contributed by atoms with Crippen LogP contribution in [0.3, 0.4) is 0 Å². The van der Waals surface area contributed by atoms with Crippen molar-refractivity contribution in [2.75, 3.05) is 18.7 Å². The summed E-state index contributed by atoms with van der Waals surface area (Å²) < 4.78 is 37.9. The van der Waals surface area contributed by atoms with Crippen LogP contribution in [0.15, 0.2) is 51.8 Å². The molecule has 1 aliphatic rings. The van der Waals surface area contributed by atoms with Crippen molar-refractivity contribution in [3.63, 3.8) is 0 Å². The van der Waals surface area contributed by atoms with E-state index in [4.69, 9.17) is 9.47 Å². The molecule has 0 saturated heterocycles. The van der Waals surface area contributed by atoms with Crippen molar-refractivity contribution in [1.29, 1.82) is 0 Å². The Morgan fingerprint density at radius 2 is 1.80 bits per heavy atom. The predicted octanol–water partition coefficient (Wildman–Crippen LogP) is 2.48. The maximum absolute atomic E-state index is 12.1. The van der Waals surface area contributed by atoms with Crippen molar-refractivity contribution in [2.45, 2.75) is 11.3 Å². The number of ether oxygens (including phenoxy) is 2. The fourth-order valence-corrected chi connectivity index (χ4v) is 3.49. The lowest BCUT2D eigenvalue weighted by atomic mass is 10.2. The molecule has 0 fully saturated rings. The molecule has 0 saturated carbocycles. The highest BCUT2D eigenvalue weighted by molar-refractivity contribution is 9.10. The number of hydrogen-bond acceptors (Lipinski definition) is 5. The zero-order chi connectivity index (χ0) is 17.9. The Morgan fingerprint density at radius 1 is 1.08 bits per heavy atom. The van der Waals surface area contributed by atoms with Crippen molar-refractivity contribution >= 4 is 37.5 Å². The van der Waals surface area contributed by atoms with Crippen LogP contribution in [0.1, 0.15) is 6.42 Å². The van der Waals surface area contributed by atoms with E-state index < -0.39 is 10.0 Å². The Hall–Kier alpha value is -2.10. The summed E-state index contributed by atoms with van der Waals surface area (Å²) in [4.78, 5) is 12.1. The van der Waals surface area contributed by atoms with E-state index in [0.29, 0.717) is 17.2 Å². The van der Waals surface area contributed by atoms with Gasteiger partial charge in [-0.05, 0) is 36.4 Å². The molecular weight excluding hydrogens is 412 g/mol. The molecule has 0 radical (unpaired) electrons. The molecule has 0 atom stereocenters. The molecule has 132 valence electrons. The molecule has 3 rings (SSSR count). The van der Waals surface area contributed by atoms with E-state index in [2.05, 4.69) is 26.0 Å². The van der Waals surface area contributed by atoms with Crippen LogP contribution < -0.4 is 19.5 Å². The highest BCUT2D eigenvalue weighted by Gasteiger charge is 2.16. The van der Waals surface area contributed by atoms with Gasteiger partial charge in [0.05, 0.1) is 4.90 Å². The van der Waals surface area contributed by atoms with E-state index >= 15 is 0 Å². The maximum Gasteiger partial charge on any atom is 0.240 e. The summed E-state index contributed by atoms with van der Waals surface area (Å²) >= 11 is 3.25. The van der Waals surface area contributed by atoms with Gasteiger partial charge in [-0.2, -0.15) is 0 Å². The Morgan fingerprint density at radius 3 is 2.56 bits per heavy atom. The van der Waals surface area contributed by atoms with Gasteiger partial charge in [-0.25, -0.2) is 13.1 Å². The molecule has 7 nitrogen and oxygen atoms in total. The molecule has 0 bridgehead atoms. The van der Waals surface area contributed by atoms with Crippen LogP contribution in [0, 0.1) is 0 Å². The molecule has 2 aromatic rings. The number of hydrogen-bond donors (Lipinski definition) is 2. The van der Waals surface area contributed by atoms with Crippen LogP contribution in [0.4, 0.5) is 5.69 Å². The normalized spacial score (nSPS) is 12.8.